The molecule has 0 atom stereocenters. The molecule has 5 heteroatoms. The summed E-state index contributed by atoms with van der Waals surface area (Å²) < 4.78 is 0. The predicted octanol–water partition coefficient (Wildman–Crippen LogP) is 3.15. The van der Waals surface area contributed by atoms with Crippen LogP contribution in [-0.4, -0.2) is 26.8 Å². The molecule has 114 valence electrons. The molecule has 0 bridgehead atoms. The summed E-state index contributed by atoms with van der Waals surface area (Å²) in [4.78, 5) is 32.2. The van der Waals surface area contributed by atoms with Crippen molar-refractivity contribution in [3.63, 3.8) is 0 Å². The van der Waals surface area contributed by atoms with Crippen molar-refractivity contribution < 1.29 is 14.7 Å². The van der Waals surface area contributed by atoms with E-state index in [1.807, 2.05) is 39.8 Å². The first-order valence-electron chi connectivity index (χ1n) is 7.03. The molecule has 1 heterocycles. The number of hydrogen-bond acceptors (Lipinski definition) is 4. The van der Waals surface area contributed by atoms with Crippen LogP contribution < -0.4 is 0 Å². The number of carbonyl (C=O) groups excluding carboxylic acids is 1. The van der Waals surface area contributed by atoms with Crippen molar-refractivity contribution in [2.24, 2.45) is 0 Å². The Bertz CT molecular complexity index is 752. The predicted molar refractivity (Wildman–Crippen MR) is 82.4 cm³/mol. The fourth-order valence-electron chi connectivity index (χ4n) is 2.22. The average Bonchev–Trinajstić information content (AvgIpc) is 2.45. The first-order valence-corrected chi connectivity index (χ1v) is 7.03. The molecule has 0 fully saturated rings. The molecule has 0 unspecified atom stereocenters. The van der Waals surface area contributed by atoms with Crippen molar-refractivity contribution in [1.29, 1.82) is 0 Å². The molecule has 1 N–H and O–H groups in total. The number of nitrogens with zero attached hydrogens (tertiary/aromatic N) is 2. The van der Waals surface area contributed by atoms with Gasteiger partial charge >= 0.3 is 5.97 Å². The Morgan fingerprint density at radius 3 is 2.36 bits per heavy atom. The highest BCUT2D eigenvalue weighted by atomic mass is 16.4. The number of aromatic carboxylic acids is 1. The Balaban J connectivity index is 2.56. The topological polar surface area (TPSA) is 80.2 Å². The number of rotatable bonds is 4. The number of carboxylic acid groups (broad SMARTS) is 1. The first kappa shape index (κ1) is 15.8. The van der Waals surface area contributed by atoms with Gasteiger partial charge in [0.05, 0.1) is 5.56 Å². The highest BCUT2D eigenvalue weighted by Gasteiger charge is 2.22. The molecule has 1 aromatic heterocycles. The molecule has 0 saturated heterocycles. The van der Waals surface area contributed by atoms with Gasteiger partial charge in [0.1, 0.15) is 5.82 Å². The minimum absolute atomic E-state index is 0.0108. The molecule has 1 aromatic carbocycles. The maximum absolute atomic E-state index is 12.6. The molecule has 0 radical (unpaired) electrons. The van der Waals surface area contributed by atoms with Gasteiger partial charge in [-0.1, -0.05) is 37.6 Å². The minimum atomic E-state index is -1.22. The molecule has 0 aliphatic heterocycles. The quantitative estimate of drug-likeness (QED) is 0.877. The fraction of sp³-hybridized carbons (Fsp3) is 0.294. The van der Waals surface area contributed by atoms with E-state index >= 15 is 0 Å². The van der Waals surface area contributed by atoms with Gasteiger partial charge in [-0.3, -0.25) is 4.79 Å². The number of carboxylic acids is 1. The lowest BCUT2D eigenvalue weighted by molar-refractivity contribution is 0.0685. The van der Waals surface area contributed by atoms with Crippen molar-refractivity contribution in [1.82, 2.24) is 9.97 Å². The summed E-state index contributed by atoms with van der Waals surface area (Å²) in [6.45, 7) is 7.49. The molecule has 5 nitrogen and oxygen atoms in total. The Labute approximate surface area is 129 Å². The van der Waals surface area contributed by atoms with Crippen molar-refractivity contribution in [2.45, 2.75) is 33.6 Å². The van der Waals surface area contributed by atoms with Crippen LogP contribution >= 0.6 is 0 Å². The van der Waals surface area contributed by atoms with Crippen LogP contribution in [0, 0.1) is 13.8 Å². The smallest absolute Gasteiger partial charge is 0.355 e. The lowest BCUT2D eigenvalue weighted by atomic mass is 9.97. The van der Waals surface area contributed by atoms with Gasteiger partial charge in [-0.05, 0) is 19.4 Å². The maximum Gasteiger partial charge on any atom is 0.355 e. The second kappa shape index (κ2) is 6.05. The van der Waals surface area contributed by atoms with Crippen molar-refractivity contribution in [3.8, 4) is 0 Å². The zero-order chi connectivity index (χ0) is 16.4. The molecule has 0 spiro atoms. The zero-order valence-corrected chi connectivity index (χ0v) is 13.0. The van der Waals surface area contributed by atoms with Crippen LogP contribution in [0.15, 0.2) is 24.4 Å². The summed E-state index contributed by atoms with van der Waals surface area (Å²) in [5, 5.41) is 9.34. The van der Waals surface area contributed by atoms with E-state index in [0.717, 1.165) is 11.1 Å². The lowest BCUT2D eigenvalue weighted by Crippen LogP contribution is -2.16. The van der Waals surface area contributed by atoms with Crippen LogP contribution in [0.3, 0.4) is 0 Å². The molecule has 22 heavy (non-hydrogen) atoms. The molecule has 2 aromatic rings. The Hall–Kier alpha value is -2.56. The van der Waals surface area contributed by atoms with Crippen molar-refractivity contribution in [3.05, 3.63) is 58.2 Å². The highest BCUT2D eigenvalue weighted by Crippen LogP contribution is 2.19. The Morgan fingerprint density at radius 2 is 1.82 bits per heavy atom. The van der Waals surface area contributed by atoms with E-state index in [-0.39, 0.29) is 23.0 Å². The van der Waals surface area contributed by atoms with Crippen LogP contribution in [-0.2, 0) is 0 Å². The van der Waals surface area contributed by atoms with E-state index in [2.05, 4.69) is 9.97 Å². The molecule has 2 rings (SSSR count). The summed E-state index contributed by atoms with van der Waals surface area (Å²) in [6.07, 6.45) is 1.31. The fourth-order valence-corrected chi connectivity index (χ4v) is 2.22. The normalized spacial score (nSPS) is 10.8. The van der Waals surface area contributed by atoms with E-state index in [1.54, 1.807) is 6.07 Å². The molecule has 0 saturated carbocycles. The zero-order valence-electron chi connectivity index (χ0n) is 13.0. The number of aryl methyl sites for hydroxylation is 2. The maximum atomic E-state index is 12.6. The summed E-state index contributed by atoms with van der Waals surface area (Å²) in [5.41, 5.74) is 2.08. The van der Waals surface area contributed by atoms with E-state index in [1.165, 1.54) is 6.20 Å². The largest absolute Gasteiger partial charge is 0.476 e. The third-order valence-electron chi connectivity index (χ3n) is 3.40. The number of aromatic nitrogens is 2. The average molecular weight is 298 g/mol. The number of carbonyl (C=O) groups is 2. The van der Waals surface area contributed by atoms with Gasteiger partial charge in [-0.25, -0.2) is 14.8 Å². The number of benzene rings is 1. The summed E-state index contributed by atoms with van der Waals surface area (Å²) >= 11 is 0. The molecular formula is C17H18N2O3. The van der Waals surface area contributed by atoms with E-state index < -0.39 is 5.97 Å². The van der Waals surface area contributed by atoms with Crippen LogP contribution in [0.2, 0.25) is 0 Å². The van der Waals surface area contributed by atoms with E-state index in [4.69, 9.17) is 0 Å². The van der Waals surface area contributed by atoms with Crippen LogP contribution in [0.25, 0.3) is 0 Å². The van der Waals surface area contributed by atoms with Crippen LogP contribution in [0.5, 0.6) is 0 Å². The van der Waals surface area contributed by atoms with Crippen LogP contribution in [0.4, 0.5) is 0 Å². The van der Waals surface area contributed by atoms with Gasteiger partial charge in [-0.15, -0.1) is 0 Å². The van der Waals surface area contributed by atoms with Crippen LogP contribution in [0.1, 0.15) is 63.1 Å². The van der Waals surface area contributed by atoms with Gasteiger partial charge in [-0.2, -0.15) is 0 Å². The van der Waals surface area contributed by atoms with E-state index in [9.17, 15) is 14.7 Å². The van der Waals surface area contributed by atoms with Crippen molar-refractivity contribution in [2.75, 3.05) is 0 Å². The third-order valence-corrected chi connectivity index (χ3v) is 3.40. The SMILES string of the molecule is Cc1ccc(C(=O)c2cnc(C(C)C)nc2C(=O)O)c(C)c1. The molecule has 0 aliphatic rings. The Morgan fingerprint density at radius 1 is 1.14 bits per heavy atom. The van der Waals surface area contributed by atoms with Gasteiger partial charge in [0.15, 0.2) is 11.5 Å². The number of ketones is 1. The summed E-state index contributed by atoms with van der Waals surface area (Å²) in [5.74, 6) is -1.19. The second-order valence-electron chi connectivity index (χ2n) is 5.60. The molecule has 0 amide bonds. The van der Waals surface area contributed by atoms with E-state index in [0.29, 0.717) is 11.4 Å². The van der Waals surface area contributed by atoms with Gasteiger partial charge in [0.2, 0.25) is 0 Å². The monoisotopic (exact) mass is 298 g/mol. The standard InChI is InChI=1S/C17H18N2O3/c1-9(2)16-18-8-13(14(19-16)17(21)22)15(20)12-6-5-10(3)7-11(12)4/h5-9H,1-4H3,(H,21,22). The van der Waals surface area contributed by atoms with Gasteiger partial charge < -0.3 is 5.11 Å². The summed E-state index contributed by atoms with van der Waals surface area (Å²) in [6, 6.07) is 5.41. The van der Waals surface area contributed by atoms with Gasteiger partial charge in [0, 0.05) is 17.7 Å². The molecule has 0 aliphatic carbocycles. The Kier molecular flexibility index (Phi) is 4.35. The second-order valence-corrected chi connectivity index (χ2v) is 5.60. The van der Waals surface area contributed by atoms with Crippen molar-refractivity contribution >= 4 is 11.8 Å². The molecular weight excluding hydrogens is 280 g/mol. The number of hydrogen-bond donors (Lipinski definition) is 1. The van der Waals surface area contributed by atoms with Gasteiger partial charge in [0.25, 0.3) is 0 Å². The highest BCUT2D eigenvalue weighted by molar-refractivity contribution is 6.14. The summed E-state index contributed by atoms with van der Waals surface area (Å²) in [7, 11) is 0. The lowest BCUT2D eigenvalue weighted by Gasteiger charge is -2.10. The third kappa shape index (κ3) is 3.03. The minimum Gasteiger partial charge on any atom is -0.476 e. The first-order chi connectivity index (χ1) is 10.3.